The van der Waals surface area contributed by atoms with Gasteiger partial charge in [0.25, 0.3) is 5.91 Å². The Morgan fingerprint density at radius 1 is 1.04 bits per heavy atom. The highest BCUT2D eigenvalue weighted by Gasteiger charge is 2.20. The normalized spacial score (nSPS) is 10.9. The molecule has 1 N–H and O–H groups in total. The highest BCUT2D eigenvalue weighted by molar-refractivity contribution is 9.10. The lowest BCUT2D eigenvalue weighted by Gasteiger charge is -2.21. The highest BCUT2D eigenvalue weighted by atomic mass is 79.9. The molecule has 0 saturated heterocycles. The molecular weight excluding hydrogens is 709 g/mol. The number of anilines is 2. The van der Waals surface area contributed by atoms with Crippen LogP contribution in [0.3, 0.4) is 0 Å². The first-order chi connectivity index (χ1) is 21.0. The molecule has 0 radical (unpaired) electrons. The van der Waals surface area contributed by atoms with Crippen LogP contribution in [0.4, 0.5) is 11.4 Å². The first-order valence-electron chi connectivity index (χ1n) is 13.3. The Bertz CT molecular complexity index is 1730. The van der Waals surface area contributed by atoms with Gasteiger partial charge in [-0.3, -0.25) is 18.8 Å². The van der Waals surface area contributed by atoms with Crippen LogP contribution in [-0.2, 0) is 25.7 Å². The summed E-state index contributed by atoms with van der Waals surface area (Å²) >= 11 is 16.7. The predicted octanol–water partition coefficient (Wildman–Crippen LogP) is 6.11. The number of aromatic nitrogens is 2. The van der Waals surface area contributed by atoms with E-state index in [9.17, 15) is 14.4 Å². The number of nitrogens with zero attached hydrogens (tertiary/aromatic N) is 4. The van der Waals surface area contributed by atoms with Gasteiger partial charge in [-0.2, -0.15) is 0 Å². The van der Waals surface area contributed by atoms with Crippen LogP contribution in [0.25, 0.3) is 11.7 Å². The smallest absolute Gasteiger partial charge is 0.252 e. The van der Waals surface area contributed by atoms with E-state index < -0.39 is 11.8 Å². The Balaban J connectivity index is 0.00000552. The number of halogens is 4. The van der Waals surface area contributed by atoms with Gasteiger partial charge in [0.2, 0.25) is 11.8 Å². The number of aryl methyl sites for hydroxylation is 1. The molecule has 0 spiro atoms. The zero-order valence-corrected chi connectivity index (χ0v) is 28.8. The third kappa shape index (κ3) is 8.56. The largest absolute Gasteiger partial charge is 0.485 e. The monoisotopic (exact) mass is 737 g/mol. The van der Waals surface area contributed by atoms with Gasteiger partial charge in [0.1, 0.15) is 17.8 Å². The van der Waals surface area contributed by atoms with Crippen molar-refractivity contribution >= 4 is 92.4 Å². The molecule has 45 heavy (non-hydrogen) atoms. The minimum absolute atomic E-state index is 0. The molecule has 0 aliphatic carbocycles. The SMILES string of the molecule is COCC(=O)N(C)c1ccc(/C=C/C(=O)NCC(=O)N(C)c2ccc(Cl)c(COc3cccn4c(Br)c(C)nc34)c2Cl)cc1.Cl. The number of ether oxygens (including phenoxy) is 2. The number of fused-ring (bicyclic) bond motifs is 1. The standard InChI is InChI=1S/C31H30BrCl2N5O5.ClH/c1-19-30(32)39-15-5-6-25(31(39)36-19)44-17-22-23(33)12-13-24(29(22)34)38(3)27(41)16-35-26(40)14-9-20-7-10-21(11-8-20)37(2)28(42)18-43-4;/h5-15H,16-18H2,1-4H3,(H,35,40);1H/b14-9+;. The van der Waals surface area contributed by atoms with Crippen molar-refractivity contribution in [2.24, 2.45) is 0 Å². The predicted molar refractivity (Wildman–Crippen MR) is 183 cm³/mol. The first-order valence-corrected chi connectivity index (χ1v) is 14.9. The summed E-state index contributed by atoms with van der Waals surface area (Å²) < 4.78 is 13.6. The van der Waals surface area contributed by atoms with Crippen LogP contribution in [0.5, 0.6) is 5.75 Å². The Morgan fingerprint density at radius 2 is 1.76 bits per heavy atom. The van der Waals surface area contributed by atoms with Gasteiger partial charge >= 0.3 is 0 Å². The lowest BCUT2D eigenvalue weighted by atomic mass is 10.2. The van der Waals surface area contributed by atoms with E-state index in [4.69, 9.17) is 32.7 Å². The number of rotatable bonds is 11. The Morgan fingerprint density at radius 3 is 2.44 bits per heavy atom. The summed E-state index contributed by atoms with van der Waals surface area (Å²) in [4.78, 5) is 44.7. The fraction of sp³-hybridized carbons (Fsp3) is 0.226. The molecule has 0 atom stereocenters. The molecule has 0 saturated carbocycles. The van der Waals surface area contributed by atoms with E-state index >= 15 is 0 Å². The van der Waals surface area contributed by atoms with Gasteiger partial charge in [-0.1, -0.05) is 35.3 Å². The average Bonchev–Trinajstić information content (AvgIpc) is 3.31. The van der Waals surface area contributed by atoms with E-state index in [1.807, 2.05) is 23.6 Å². The Labute approximate surface area is 285 Å². The number of imidazole rings is 1. The number of amides is 3. The maximum atomic E-state index is 12.9. The van der Waals surface area contributed by atoms with Crippen LogP contribution < -0.4 is 19.9 Å². The van der Waals surface area contributed by atoms with E-state index in [1.54, 1.807) is 62.6 Å². The minimum atomic E-state index is -0.449. The van der Waals surface area contributed by atoms with Crippen LogP contribution >= 0.6 is 51.5 Å². The summed E-state index contributed by atoms with van der Waals surface area (Å²) in [5, 5.41) is 3.22. The molecule has 0 bridgehead atoms. The number of carbonyl (C=O) groups excluding carboxylic acids is 3. The molecule has 0 aliphatic rings. The van der Waals surface area contributed by atoms with Crippen LogP contribution in [0.15, 0.2) is 65.4 Å². The molecule has 2 aromatic carbocycles. The second kappa shape index (κ2) is 16.1. The number of benzene rings is 2. The molecule has 238 valence electrons. The van der Waals surface area contributed by atoms with Crippen LogP contribution in [0, 0.1) is 6.92 Å². The summed E-state index contributed by atoms with van der Waals surface area (Å²) in [5.41, 5.74) is 3.80. The number of hydrogen-bond acceptors (Lipinski definition) is 6. The van der Waals surface area contributed by atoms with E-state index in [-0.39, 0.29) is 43.1 Å². The molecule has 4 rings (SSSR count). The number of likely N-dealkylation sites (N-methyl/N-ethyl adjacent to an activating group) is 2. The van der Waals surface area contributed by atoms with Crippen molar-refractivity contribution in [1.29, 1.82) is 0 Å². The molecule has 0 aliphatic heterocycles. The second-order valence-electron chi connectivity index (χ2n) is 9.68. The number of methoxy groups -OCH3 is 1. The van der Waals surface area contributed by atoms with Gasteiger partial charge in [0, 0.05) is 49.8 Å². The van der Waals surface area contributed by atoms with Gasteiger partial charge in [0.05, 0.1) is 22.9 Å². The van der Waals surface area contributed by atoms with E-state index in [2.05, 4.69) is 26.2 Å². The maximum absolute atomic E-state index is 12.9. The van der Waals surface area contributed by atoms with Crippen LogP contribution in [-0.4, -0.2) is 61.5 Å². The quantitative estimate of drug-likeness (QED) is 0.186. The topological polar surface area (TPSA) is 105 Å². The number of hydrogen-bond donors (Lipinski definition) is 1. The van der Waals surface area contributed by atoms with Crippen LogP contribution in [0.1, 0.15) is 16.8 Å². The summed E-state index contributed by atoms with van der Waals surface area (Å²) in [7, 11) is 4.68. The molecule has 0 fully saturated rings. The zero-order valence-electron chi connectivity index (χ0n) is 24.8. The Kier molecular flexibility index (Phi) is 12.8. The lowest BCUT2D eigenvalue weighted by Crippen LogP contribution is -2.37. The van der Waals surface area contributed by atoms with Crippen molar-refractivity contribution in [3.05, 3.63) is 92.3 Å². The van der Waals surface area contributed by atoms with E-state index in [0.29, 0.717) is 33.4 Å². The fourth-order valence-electron chi connectivity index (χ4n) is 4.19. The average molecular weight is 740 g/mol. The third-order valence-corrected chi connectivity index (χ3v) is 8.48. The summed E-state index contributed by atoms with van der Waals surface area (Å²) in [6.07, 6.45) is 4.80. The van der Waals surface area contributed by atoms with Crippen molar-refractivity contribution < 1.29 is 23.9 Å². The lowest BCUT2D eigenvalue weighted by molar-refractivity contribution is -0.122. The fourth-order valence-corrected chi connectivity index (χ4v) is 5.17. The maximum Gasteiger partial charge on any atom is 0.252 e. The molecule has 10 nitrogen and oxygen atoms in total. The second-order valence-corrected chi connectivity index (χ2v) is 11.2. The molecule has 2 heterocycles. The van der Waals surface area contributed by atoms with Gasteiger partial charge in [-0.05, 0) is 70.9 Å². The van der Waals surface area contributed by atoms with Gasteiger partial charge in [-0.15, -0.1) is 12.4 Å². The summed E-state index contributed by atoms with van der Waals surface area (Å²) in [6.45, 7) is 1.65. The number of pyridine rings is 1. The van der Waals surface area contributed by atoms with Gasteiger partial charge in [-0.25, -0.2) is 4.98 Å². The molecule has 4 aromatic rings. The Hall–Kier alpha value is -3.61. The summed E-state index contributed by atoms with van der Waals surface area (Å²) in [6, 6.07) is 14.0. The van der Waals surface area contributed by atoms with Crippen molar-refractivity contribution in [2.45, 2.75) is 13.5 Å². The minimum Gasteiger partial charge on any atom is -0.485 e. The van der Waals surface area contributed by atoms with Crippen LogP contribution in [0.2, 0.25) is 10.0 Å². The van der Waals surface area contributed by atoms with E-state index in [1.165, 1.54) is 23.0 Å². The highest BCUT2D eigenvalue weighted by Crippen LogP contribution is 2.35. The van der Waals surface area contributed by atoms with Crippen molar-refractivity contribution in [3.63, 3.8) is 0 Å². The van der Waals surface area contributed by atoms with E-state index in [0.717, 1.165) is 15.9 Å². The number of nitrogens with one attached hydrogen (secondary N) is 1. The number of carbonyl (C=O) groups is 3. The van der Waals surface area contributed by atoms with Crippen molar-refractivity contribution in [3.8, 4) is 5.75 Å². The molecule has 3 amide bonds. The molecular formula is C31H31BrCl3N5O5. The molecule has 0 unspecified atom stereocenters. The van der Waals surface area contributed by atoms with Crippen molar-refractivity contribution in [2.75, 3.05) is 44.2 Å². The third-order valence-electron chi connectivity index (χ3n) is 6.75. The zero-order chi connectivity index (χ0) is 32.0. The van der Waals surface area contributed by atoms with Gasteiger partial charge < -0.3 is 24.6 Å². The first kappa shape index (κ1) is 35.9. The van der Waals surface area contributed by atoms with Gasteiger partial charge in [0.15, 0.2) is 11.4 Å². The molecule has 14 heteroatoms. The van der Waals surface area contributed by atoms with Crippen molar-refractivity contribution in [1.82, 2.24) is 14.7 Å². The summed E-state index contributed by atoms with van der Waals surface area (Å²) in [5.74, 6) is -0.478. The molecule has 2 aromatic heterocycles.